The Morgan fingerprint density at radius 1 is 1.44 bits per heavy atom. The zero-order valence-electron chi connectivity index (χ0n) is 9.27. The zero-order valence-corrected chi connectivity index (χ0v) is 9.27. The Morgan fingerprint density at radius 2 is 2.25 bits per heavy atom. The van der Waals surface area contributed by atoms with Gasteiger partial charge in [-0.3, -0.25) is 4.79 Å². The third-order valence-corrected chi connectivity index (χ3v) is 2.23. The van der Waals surface area contributed by atoms with Crippen molar-refractivity contribution in [1.82, 2.24) is 9.55 Å². The van der Waals surface area contributed by atoms with Crippen LogP contribution in [0.15, 0.2) is 36.8 Å². The summed E-state index contributed by atoms with van der Waals surface area (Å²) in [5.74, 6) is 0.427. The van der Waals surface area contributed by atoms with Crippen molar-refractivity contribution >= 4 is 11.7 Å². The van der Waals surface area contributed by atoms with Crippen molar-refractivity contribution in [2.75, 3.05) is 5.32 Å². The summed E-state index contributed by atoms with van der Waals surface area (Å²) >= 11 is 0. The Hall–Kier alpha value is -2.10. The first kappa shape index (κ1) is 10.4. The van der Waals surface area contributed by atoms with Crippen molar-refractivity contribution < 1.29 is 4.79 Å². The largest absolute Gasteiger partial charge is 0.338 e. The molecule has 4 nitrogen and oxygen atoms in total. The minimum absolute atomic E-state index is 0.137. The lowest BCUT2D eigenvalue weighted by Gasteiger charge is -2.02. The van der Waals surface area contributed by atoms with E-state index in [1.807, 2.05) is 32.2 Å². The highest BCUT2D eigenvalue weighted by Gasteiger charge is 2.06. The predicted molar refractivity (Wildman–Crippen MR) is 62.3 cm³/mol. The number of carbonyl (C=O) groups excluding carboxylic acids is 1. The molecular formula is C12H13N3O. The number of hydrogen-bond donors (Lipinski definition) is 1. The third-order valence-electron chi connectivity index (χ3n) is 2.23. The van der Waals surface area contributed by atoms with Gasteiger partial charge in [0.15, 0.2) is 5.82 Å². The van der Waals surface area contributed by atoms with Crippen molar-refractivity contribution in [2.45, 2.75) is 6.92 Å². The van der Waals surface area contributed by atoms with E-state index in [-0.39, 0.29) is 5.91 Å². The molecule has 0 aliphatic rings. The molecule has 0 unspecified atom stereocenters. The lowest BCUT2D eigenvalue weighted by Crippen LogP contribution is -2.12. The number of imidazole rings is 1. The van der Waals surface area contributed by atoms with E-state index < -0.39 is 0 Å². The Morgan fingerprint density at radius 3 is 2.88 bits per heavy atom. The fraction of sp³-hybridized carbons (Fsp3) is 0.167. The Balaban J connectivity index is 2.14. The van der Waals surface area contributed by atoms with Gasteiger partial charge in [-0.15, -0.1) is 0 Å². The first-order chi connectivity index (χ1) is 7.65. The lowest BCUT2D eigenvalue weighted by atomic mass is 10.1. The summed E-state index contributed by atoms with van der Waals surface area (Å²) in [6.07, 6.45) is 3.40. The van der Waals surface area contributed by atoms with E-state index >= 15 is 0 Å². The molecule has 16 heavy (non-hydrogen) atoms. The molecule has 0 fully saturated rings. The highest BCUT2D eigenvalue weighted by Crippen LogP contribution is 2.07. The summed E-state index contributed by atoms with van der Waals surface area (Å²) in [6, 6.07) is 7.45. The van der Waals surface area contributed by atoms with Crippen molar-refractivity contribution in [1.29, 1.82) is 0 Å². The second-order valence-corrected chi connectivity index (χ2v) is 3.75. The lowest BCUT2D eigenvalue weighted by molar-refractivity contribution is 0.102. The molecule has 0 spiro atoms. The molecular weight excluding hydrogens is 202 g/mol. The first-order valence-electron chi connectivity index (χ1n) is 5.01. The van der Waals surface area contributed by atoms with Gasteiger partial charge in [-0.2, -0.15) is 0 Å². The summed E-state index contributed by atoms with van der Waals surface area (Å²) in [4.78, 5) is 15.8. The van der Waals surface area contributed by atoms with Gasteiger partial charge in [-0.25, -0.2) is 4.98 Å². The number of nitrogens with zero attached hydrogens (tertiary/aromatic N) is 2. The maximum atomic E-state index is 11.8. The van der Waals surface area contributed by atoms with Crippen LogP contribution in [0.25, 0.3) is 0 Å². The number of anilines is 1. The molecule has 0 saturated carbocycles. The van der Waals surface area contributed by atoms with E-state index in [4.69, 9.17) is 0 Å². The van der Waals surface area contributed by atoms with E-state index in [2.05, 4.69) is 10.3 Å². The van der Waals surface area contributed by atoms with Crippen LogP contribution >= 0.6 is 0 Å². The molecule has 1 N–H and O–H groups in total. The number of benzene rings is 1. The van der Waals surface area contributed by atoms with Crippen molar-refractivity contribution in [2.24, 2.45) is 7.05 Å². The molecule has 2 aromatic rings. The van der Waals surface area contributed by atoms with Crippen LogP contribution < -0.4 is 5.32 Å². The second kappa shape index (κ2) is 4.18. The number of carbonyl (C=O) groups is 1. The summed E-state index contributed by atoms with van der Waals surface area (Å²) in [5.41, 5.74) is 1.71. The van der Waals surface area contributed by atoms with Crippen molar-refractivity contribution in [3.63, 3.8) is 0 Å². The average Bonchev–Trinajstić information content (AvgIpc) is 2.64. The van der Waals surface area contributed by atoms with Gasteiger partial charge in [-0.05, 0) is 19.1 Å². The molecule has 82 valence electrons. The van der Waals surface area contributed by atoms with E-state index in [1.54, 1.807) is 23.2 Å². The highest BCUT2D eigenvalue weighted by molar-refractivity contribution is 6.03. The third kappa shape index (κ3) is 2.28. The zero-order chi connectivity index (χ0) is 11.5. The van der Waals surface area contributed by atoms with Crippen molar-refractivity contribution in [3.05, 3.63) is 47.9 Å². The number of nitrogens with one attached hydrogen (secondary N) is 1. The van der Waals surface area contributed by atoms with Crippen LogP contribution in [0.5, 0.6) is 0 Å². The Labute approximate surface area is 93.9 Å². The molecule has 0 aliphatic carbocycles. The van der Waals surface area contributed by atoms with Gasteiger partial charge in [0.05, 0.1) is 6.33 Å². The number of hydrogen-bond acceptors (Lipinski definition) is 2. The fourth-order valence-electron chi connectivity index (χ4n) is 1.45. The van der Waals surface area contributed by atoms with Gasteiger partial charge in [0.2, 0.25) is 0 Å². The van der Waals surface area contributed by atoms with Crippen LogP contribution in [0.4, 0.5) is 5.82 Å². The van der Waals surface area contributed by atoms with Gasteiger partial charge in [0.1, 0.15) is 0 Å². The topological polar surface area (TPSA) is 46.9 Å². The van der Waals surface area contributed by atoms with Crippen LogP contribution in [-0.4, -0.2) is 15.5 Å². The van der Waals surface area contributed by atoms with E-state index in [0.29, 0.717) is 11.4 Å². The quantitative estimate of drug-likeness (QED) is 0.832. The van der Waals surface area contributed by atoms with E-state index in [0.717, 1.165) is 5.56 Å². The number of aromatic nitrogens is 2. The molecule has 0 radical (unpaired) electrons. The molecule has 2 rings (SSSR count). The van der Waals surface area contributed by atoms with E-state index in [9.17, 15) is 4.79 Å². The maximum Gasteiger partial charge on any atom is 0.256 e. The van der Waals surface area contributed by atoms with Crippen LogP contribution in [0.3, 0.4) is 0 Å². The number of rotatable bonds is 2. The summed E-state index contributed by atoms with van der Waals surface area (Å²) in [7, 11) is 1.86. The van der Waals surface area contributed by atoms with Gasteiger partial charge in [0.25, 0.3) is 5.91 Å². The van der Waals surface area contributed by atoms with Gasteiger partial charge >= 0.3 is 0 Å². The molecule has 0 atom stereocenters. The van der Waals surface area contributed by atoms with Gasteiger partial charge in [0, 0.05) is 18.8 Å². The number of amides is 1. The number of aryl methyl sites for hydroxylation is 2. The van der Waals surface area contributed by atoms with Crippen LogP contribution in [0.2, 0.25) is 0 Å². The predicted octanol–water partition coefficient (Wildman–Crippen LogP) is 1.98. The van der Waals surface area contributed by atoms with Crippen LogP contribution in [0, 0.1) is 6.92 Å². The van der Waals surface area contributed by atoms with Crippen molar-refractivity contribution in [3.8, 4) is 0 Å². The minimum atomic E-state index is -0.137. The van der Waals surface area contributed by atoms with Crippen LogP contribution in [-0.2, 0) is 7.05 Å². The Kier molecular flexibility index (Phi) is 2.72. The molecule has 1 amide bonds. The fourth-order valence-corrected chi connectivity index (χ4v) is 1.45. The van der Waals surface area contributed by atoms with Gasteiger partial charge < -0.3 is 9.88 Å². The molecule has 0 bridgehead atoms. The first-order valence-corrected chi connectivity index (χ1v) is 5.01. The minimum Gasteiger partial charge on any atom is -0.338 e. The standard InChI is InChI=1S/C12H13N3O/c1-9-4-3-5-10(6-9)12(16)14-11-7-15(2)8-13-11/h3-8H,1-2H3,(H,14,16). The van der Waals surface area contributed by atoms with E-state index in [1.165, 1.54) is 0 Å². The maximum absolute atomic E-state index is 11.8. The van der Waals surface area contributed by atoms with Gasteiger partial charge in [-0.1, -0.05) is 17.7 Å². The molecule has 0 aliphatic heterocycles. The normalized spacial score (nSPS) is 10.1. The summed E-state index contributed by atoms with van der Waals surface area (Å²) in [5, 5.41) is 2.74. The molecule has 4 heteroatoms. The Bertz CT molecular complexity index is 516. The molecule has 1 aromatic heterocycles. The smallest absolute Gasteiger partial charge is 0.256 e. The SMILES string of the molecule is Cc1cccc(C(=O)Nc2cn(C)cn2)c1. The average molecular weight is 215 g/mol. The molecule has 0 saturated heterocycles. The monoisotopic (exact) mass is 215 g/mol. The molecule has 1 heterocycles. The summed E-state index contributed by atoms with van der Waals surface area (Å²) < 4.78 is 1.78. The second-order valence-electron chi connectivity index (χ2n) is 3.75. The summed E-state index contributed by atoms with van der Waals surface area (Å²) in [6.45, 7) is 1.96. The van der Waals surface area contributed by atoms with Crippen LogP contribution in [0.1, 0.15) is 15.9 Å². The molecule has 1 aromatic carbocycles. The highest BCUT2D eigenvalue weighted by atomic mass is 16.1.